The van der Waals surface area contributed by atoms with Gasteiger partial charge in [0.05, 0.1) is 10.0 Å². The van der Waals surface area contributed by atoms with Crippen LogP contribution >= 0.6 is 15.9 Å². The quantitative estimate of drug-likeness (QED) is 0.884. The van der Waals surface area contributed by atoms with Gasteiger partial charge in [0.2, 0.25) is 11.9 Å². The molecule has 20 heavy (non-hydrogen) atoms. The second-order valence-electron chi connectivity index (χ2n) is 5.36. The standard InChI is InChI=1S/C13H20BrN5O/c1-13(2,15-3)11(20)18-4-6-19(7-5-18)12-16-8-10(14)9-17-12/h8-9,15H,4-7H2,1-3H3. The summed E-state index contributed by atoms with van der Waals surface area (Å²) in [5.41, 5.74) is -0.518. The molecule has 1 aliphatic heterocycles. The van der Waals surface area contributed by atoms with Crippen LogP contribution in [0.3, 0.4) is 0 Å². The normalized spacial score (nSPS) is 16.4. The third-order valence-corrected chi connectivity index (χ3v) is 4.03. The zero-order chi connectivity index (χ0) is 14.8. The summed E-state index contributed by atoms with van der Waals surface area (Å²) in [7, 11) is 1.81. The first kappa shape index (κ1) is 15.2. The Kier molecular flexibility index (Phi) is 4.59. The number of nitrogens with one attached hydrogen (secondary N) is 1. The predicted octanol–water partition coefficient (Wildman–Crippen LogP) is 0.886. The Bertz CT molecular complexity index is 468. The molecule has 0 saturated carbocycles. The molecule has 7 heteroatoms. The Morgan fingerprint density at radius 3 is 2.30 bits per heavy atom. The van der Waals surface area contributed by atoms with Gasteiger partial charge in [-0.15, -0.1) is 0 Å². The van der Waals surface area contributed by atoms with Crippen molar-refractivity contribution in [2.75, 3.05) is 38.1 Å². The van der Waals surface area contributed by atoms with Gasteiger partial charge in [0.15, 0.2) is 0 Å². The van der Waals surface area contributed by atoms with Crippen molar-refractivity contribution in [3.05, 3.63) is 16.9 Å². The fourth-order valence-corrected chi connectivity index (χ4v) is 2.29. The Morgan fingerprint density at radius 2 is 1.80 bits per heavy atom. The molecule has 2 heterocycles. The smallest absolute Gasteiger partial charge is 0.242 e. The van der Waals surface area contributed by atoms with E-state index in [1.807, 2.05) is 25.8 Å². The van der Waals surface area contributed by atoms with Crippen LogP contribution in [0.15, 0.2) is 16.9 Å². The second-order valence-corrected chi connectivity index (χ2v) is 6.27. The molecule has 0 radical (unpaired) electrons. The summed E-state index contributed by atoms with van der Waals surface area (Å²) in [6.07, 6.45) is 3.48. The summed E-state index contributed by atoms with van der Waals surface area (Å²) in [6, 6.07) is 0. The number of piperazine rings is 1. The second kappa shape index (κ2) is 6.05. The minimum atomic E-state index is -0.518. The lowest BCUT2D eigenvalue weighted by atomic mass is 10.0. The van der Waals surface area contributed by atoms with Gasteiger partial charge < -0.3 is 15.1 Å². The number of amides is 1. The molecule has 2 rings (SSSR count). The van der Waals surface area contributed by atoms with Crippen LogP contribution < -0.4 is 10.2 Å². The first-order chi connectivity index (χ1) is 9.44. The molecule has 1 N–H and O–H groups in total. The van der Waals surface area contributed by atoms with Crippen molar-refractivity contribution >= 4 is 27.8 Å². The summed E-state index contributed by atoms with van der Waals surface area (Å²) in [5.74, 6) is 0.851. The first-order valence-corrected chi connectivity index (χ1v) is 7.44. The number of rotatable bonds is 3. The van der Waals surface area contributed by atoms with Crippen molar-refractivity contribution < 1.29 is 4.79 Å². The molecule has 6 nitrogen and oxygen atoms in total. The maximum absolute atomic E-state index is 12.3. The van der Waals surface area contributed by atoms with E-state index in [9.17, 15) is 4.79 Å². The highest BCUT2D eigenvalue weighted by molar-refractivity contribution is 9.10. The van der Waals surface area contributed by atoms with Crippen molar-refractivity contribution in [2.24, 2.45) is 0 Å². The van der Waals surface area contributed by atoms with Crippen molar-refractivity contribution in [3.63, 3.8) is 0 Å². The van der Waals surface area contributed by atoms with E-state index in [0.29, 0.717) is 19.0 Å². The zero-order valence-corrected chi connectivity index (χ0v) is 13.6. The topological polar surface area (TPSA) is 61.4 Å². The predicted molar refractivity (Wildman–Crippen MR) is 81.7 cm³/mol. The number of likely N-dealkylation sites (N-methyl/N-ethyl adjacent to an activating group) is 1. The SMILES string of the molecule is CNC(C)(C)C(=O)N1CCN(c2ncc(Br)cn2)CC1. The van der Waals surface area contributed by atoms with Gasteiger partial charge in [0.25, 0.3) is 0 Å². The fraction of sp³-hybridized carbons (Fsp3) is 0.615. The van der Waals surface area contributed by atoms with Gasteiger partial charge in [-0.1, -0.05) is 0 Å². The maximum Gasteiger partial charge on any atom is 0.242 e. The van der Waals surface area contributed by atoms with Gasteiger partial charge in [-0.2, -0.15) is 0 Å². The molecule has 110 valence electrons. The molecule has 1 aromatic heterocycles. The molecule has 0 spiro atoms. The van der Waals surface area contributed by atoms with Crippen molar-refractivity contribution in [1.29, 1.82) is 0 Å². The first-order valence-electron chi connectivity index (χ1n) is 6.65. The van der Waals surface area contributed by atoms with E-state index >= 15 is 0 Å². The minimum absolute atomic E-state index is 0.136. The Morgan fingerprint density at radius 1 is 1.25 bits per heavy atom. The van der Waals surface area contributed by atoms with Crippen LogP contribution in [0.25, 0.3) is 0 Å². The molecule has 0 bridgehead atoms. The van der Waals surface area contributed by atoms with Crippen LogP contribution in [0.2, 0.25) is 0 Å². The van der Waals surface area contributed by atoms with Crippen LogP contribution in [0.5, 0.6) is 0 Å². The van der Waals surface area contributed by atoms with Crippen LogP contribution in [-0.4, -0.2) is 59.5 Å². The molecule has 1 fully saturated rings. The summed E-state index contributed by atoms with van der Waals surface area (Å²) in [6.45, 7) is 6.71. The van der Waals surface area contributed by atoms with E-state index in [4.69, 9.17) is 0 Å². The van der Waals surface area contributed by atoms with E-state index in [1.54, 1.807) is 12.4 Å². The van der Waals surface area contributed by atoms with Crippen LogP contribution in [0.4, 0.5) is 5.95 Å². The maximum atomic E-state index is 12.3. The lowest BCUT2D eigenvalue weighted by Crippen LogP contribution is -2.58. The molecule has 1 saturated heterocycles. The summed E-state index contributed by atoms with van der Waals surface area (Å²) in [5, 5.41) is 3.05. The van der Waals surface area contributed by atoms with Gasteiger partial charge in [0, 0.05) is 38.6 Å². The van der Waals surface area contributed by atoms with Gasteiger partial charge in [-0.05, 0) is 36.8 Å². The number of anilines is 1. The van der Waals surface area contributed by atoms with Gasteiger partial charge in [-0.3, -0.25) is 4.79 Å². The van der Waals surface area contributed by atoms with Crippen molar-refractivity contribution in [3.8, 4) is 0 Å². The van der Waals surface area contributed by atoms with E-state index in [0.717, 1.165) is 17.6 Å². The molecule has 0 unspecified atom stereocenters. The molecule has 1 amide bonds. The number of nitrogens with zero attached hydrogens (tertiary/aromatic N) is 4. The highest BCUT2D eigenvalue weighted by Crippen LogP contribution is 2.15. The lowest BCUT2D eigenvalue weighted by molar-refractivity contribution is -0.137. The number of carbonyl (C=O) groups excluding carboxylic acids is 1. The largest absolute Gasteiger partial charge is 0.338 e. The van der Waals surface area contributed by atoms with E-state index in [-0.39, 0.29) is 5.91 Å². The van der Waals surface area contributed by atoms with E-state index in [2.05, 4.69) is 36.1 Å². The van der Waals surface area contributed by atoms with Crippen molar-refractivity contribution in [2.45, 2.75) is 19.4 Å². The summed E-state index contributed by atoms with van der Waals surface area (Å²) >= 11 is 3.32. The molecular formula is C13H20BrN5O. The fourth-order valence-electron chi connectivity index (χ4n) is 2.08. The van der Waals surface area contributed by atoms with E-state index < -0.39 is 5.54 Å². The van der Waals surface area contributed by atoms with Crippen LogP contribution in [-0.2, 0) is 4.79 Å². The third-order valence-electron chi connectivity index (χ3n) is 3.62. The molecule has 1 aliphatic rings. The Balaban J connectivity index is 1.96. The highest BCUT2D eigenvalue weighted by atomic mass is 79.9. The monoisotopic (exact) mass is 341 g/mol. The molecule has 1 aromatic rings. The van der Waals surface area contributed by atoms with Gasteiger partial charge >= 0.3 is 0 Å². The zero-order valence-electron chi connectivity index (χ0n) is 12.1. The van der Waals surface area contributed by atoms with E-state index in [1.165, 1.54) is 0 Å². The minimum Gasteiger partial charge on any atom is -0.338 e. The molecular weight excluding hydrogens is 322 g/mol. The van der Waals surface area contributed by atoms with Crippen LogP contribution in [0, 0.1) is 0 Å². The van der Waals surface area contributed by atoms with Gasteiger partial charge in [-0.25, -0.2) is 9.97 Å². The van der Waals surface area contributed by atoms with Gasteiger partial charge in [0.1, 0.15) is 0 Å². The highest BCUT2D eigenvalue weighted by Gasteiger charge is 2.32. The Labute approximate surface area is 127 Å². The summed E-state index contributed by atoms with van der Waals surface area (Å²) in [4.78, 5) is 24.9. The average molecular weight is 342 g/mol. The number of halogens is 1. The number of aromatic nitrogens is 2. The number of hydrogen-bond acceptors (Lipinski definition) is 5. The third kappa shape index (κ3) is 3.27. The lowest BCUT2D eigenvalue weighted by Gasteiger charge is -2.38. The average Bonchev–Trinajstić information content (AvgIpc) is 2.47. The Hall–Kier alpha value is -1.21. The molecule has 0 atom stereocenters. The van der Waals surface area contributed by atoms with Crippen LogP contribution in [0.1, 0.15) is 13.8 Å². The van der Waals surface area contributed by atoms with Crippen molar-refractivity contribution in [1.82, 2.24) is 20.2 Å². The summed E-state index contributed by atoms with van der Waals surface area (Å²) < 4.78 is 0.867. The number of carbonyl (C=O) groups is 1. The molecule has 0 aromatic carbocycles. The number of hydrogen-bond donors (Lipinski definition) is 1. The molecule has 0 aliphatic carbocycles.